The van der Waals surface area contributed by atoms with Crippen LogP contribution in [-0.4, -0.2) is 30.0 Å². The van der Waals surface area contributed by atoms with Gasteiger partial charge in [0.05, 0.1) is 11.0 Å². The summed E-state index contributed by atoms with van der Waals surface area (Å²) in [4.78, 5) is 11.9. The molecule has 1 fully saturated rings. The molecule has 0 aromatic carbocycles. The molecule has 1 N–H and O–H groups in total. The first-order chi connectivity index (χ1) is 7.27. The van der Waals surface area contributed by atoms with Crippen molar-refractivity contribution in [1.29, 1.82) is 0 Å². The van der Waals surface area contributed by atoms with Crippen molar-refractivity contribution in [3.8, 4) is 0 Å². The molecule has 94 valence electrons. The molecule has 0 aliphatic carbocycles. The fourth-order valence-corrected chi connectivity index (χ4v) is 1.92. The molecule has 1 heterocycles. The van der Waals surface area contributed by atoms with E-state index in [4.69, 9.17) is 16.3 Å². The lowest BCUT2D eigenvalue weighted by Gasteiger charge is -2.37. The van der Waals surface area contributed by atoms with Crippen LogP contribution in [-0.2, 0) is 9.53 Å². The van der Waals surface area contributed by atoms with Gasteiger partial charge >= 0.3 is 0 Å². The zero-order valence-corrected chi connectivity index (χ0v) is 11.4. The number of rotatable bonds is 3. The van der Waals surface area contributed by atoms with Gasteiger partial charge in [0.25, 0.3) is 0 Å². The summed E-state index contributed by atoms with van der Waals surface area (Å²) >= 11 is 5.78. The quantitative estimate of drug-likeness (QED) is 0.778. The molecule has 1 aliphatic rings. The maximum absolute atomic E-state index is 11.9. The van der Waals surface area contributed by atoms with E-state index < -0.39 is 5.41 Å². The molecule has 0 aromatic heterocycles. The van der Waals surface area contributed by atoms with Crippen molar-refractivity contribution in [2.24, 2.45) is 5.41 Å². The normalized spacial score (nSPS) is 25.2. The zero-order valence-electron chi connectivity index (χ0n) is 10.6. The van der Waals surface area contributed by atoms with E-state index in [1.807, 2.05) is 13.8 Å². The van der Waals surface area contributed by atoms with Gasteiger partial charge in [0.15, 0.2) is 0 Å². The summed E-state index contributed by atoms with van der Waals surface area (Å²) in [6.07, 6.45) is 1.74. The minimum Gasteiger partial charge on any atom is -0.375 e. The second-order valence-corrected chi connectivity index (χ2v) is 6.06. The third-order valence-corrected chi connectivity index (χ3v) is 3.65. The van der Waals surface area contributed by atoms with Crippen LogP contribution in [0.5, 0.6) is 0 Å². The Hall–Kier alpha value is -0.280. The predicted molar refractivity (Wildman–Crippen MR) is 65.7 cm³/mol. The molecular formula is C12H22ClNO2. The molecule has 0 radical (unpaired) electrons. The van der Waals surface area contributed by atoms with Crippen LogP contribution in [0.2, 0.25) is 0 Å². The summed E-state index contributed by atoms with van der Waals surface area (Å²) < 4.78 is 5.61. The van der Waals surface area contributed by atoms with Crippen molar-refractivity contribution in [1.82, 2.24) is 5.32 Å². The van der Waals surface area contributed by atoms with Gasteiger partial charge < -0.3 is 10.1 Å². The van der Waals surface area contributed by atoms with Gasteiger partial charge in [0.1, 0.15) is 0 Å². The van der Waals surface area contributed by atoms with Crippen molar-refractivity contribution in [3.63, 3.8) is 0 Å². The number of carbonyl (C=O) groups excluding carboxylic acids is 1. The van der Waals surface area contributed by atoms with Crippen molar-refractivity contribution in [2.75, 3.05) is 12.5 Å². The Kier molecular flexibility index (Phi) is 4.24. The molecule has 3 nitrogen and oxygen atoms in total. The van der Waals surface area contributed by atoms with Crippen LogP contribution in [0, 0.1) is 5.41 Å². The number of halogens is 1. The van der Waals surface area contributed by atoms with Gasteiger partial charge in [0.2, 0.25) is 5.91 Å². The van der Waals surface area contributed by atoms with E-state index in [9.17, 15) is 4.79 Å². The van der Waals surface area contributed by atoms with Crippen LogP contribution >= 0.6 is 11.6 Å². The Morgan fingerprint density at radius 1 is 1.56 bits per heavy atom. The smallest absolute Gasteiger partial charge is 0.227 e. The lowest BCUT2D eigenvalue weighted by molar-refractivity contribution is -0.131. The zero-order chi connectivity index (χ0) is 12.4. The highest BCUT2D eigenvalue weighted by atomic mass is 35.5. The molecule has 1 unspecified atom stereocenters. The summed E-state index contributed by atoms with van der Waals surface area (Å²) in [5.74, 6) is 0.371. The molecule has 0 spiro atoms. The number of nitrogens with one attached hydrogen (secondary N) is 1. The van der Waals surface area contributed by atoms with Crippen molar-refractivity contribution in [3.05, 3.63) is 0 Å². The molecule has 1 atom stereocenters. The fourth-order valence-electron chi connectivity index (χ4n) is 1.80. The van der Waals surface area contributed by atoms with E-state index >= 15 is 0 Å². The molecule has 0 saturated carbocycles. The summed E-state index contributed by atoms with van der Waals surface area (Å²) in [5.41, 5.74) is -0.634. The number of ether oxygens (including phenoxy) is 1. The minimum atomic E-state index is -0.496. The van der Waals surface area contributed by atoms with Crippen molar-refractivity contribution < 1.29 is 9.53 Å². The number of hydrogen-bond acceptors (Lipinski definition) is 2. The van der Waals surface area contributed by atoms with Gasteiger partial charge in [-0.2, -0.15) is 0 Å². The Labute approximate surface area is 103 Å². The molecule has 1 aliphatic heterocycles. The van der Waals surface area contributed by atoms with Gasteiger partial charge in [-0.15, -0.1) is 11.6 Å². The van der Waals surface area contributed by atoms with E-state index in [0.717, 1.165) is 12.8 Å². The number of hydrogen-bond donors (Lipinski definition) is 1. The van der Waals surface area contributed by atoms with Crippen LogP contribution in [0.25, 0.3) is 0 Å². The molecule has 16 heavy (non-hydrogen) atoms. The molecule has 0 bridgehead atoms. The number of carbonyl (C=O) groups is 1. The van der Waals surface area contributed by atoms with Crippen LogP contribution in [0.4, 0.5) is 0 Å². The first-order valence-corrected chi connectivity index (χ1v) is 6.31. The standard InChI is InChI=1S/C12H22ClNO2/c1-11(2,8-13)10(15)14-9-5-6-16-12(3,4)7-9/h9H,5-8H2,1-4H3,(H,14,15). The average molecular weight is 248 g/mol. The van der Waals surface area contributed by atoms with E-state index in [1.54, 1.807) is 0 Å². The number of amides is 1. The predicted octanol–water partition coefficient (Wildman–Crippen LogP) is 2.33. The van der Waals surface area contributed by atoms with E-state index in [0.29, 0.717) is 12.5 Å². The van der Waals surface area contributed by atoms with Crippen LogP contribution in [0.1, 0.15) is 40.5 Å². The molecule has 1 rings (SSSR count). The Bertz CT molecular complexity index is 264. The van der Waals surface area contributed by atoms with Gasteiger partial charge in [-0.3, -0.25) is 4.79 Å². The van der Waals surface area contributed by atoms with Gasteiger partial charge in [0, 0.05) is 18.5 Å². The Morgan fingerprint density at radius 3 is 2.69 bits per heavy atom. The molecule has 1 saturated heterocycles. The third kappa shape index (κ3) is 3.63. The van der Waals surface area contributed by atoms with Crippen LogP contribution < -0.4 is 5.32 Å². The van der Waals surface area contributed by atoms with Crippen molar-refractivity contribution in [2.45, 2.75) is 52.2 Å². The summed E-state index contributed by atoms with van der Waals surface area (Å²) in [6, 6.07) is 0.207. The van der Waals surface area contributed by atoms with E-state index in [2.05, 4.69) is 19.2 Å². The highest BCUT2D eigenvalue weighted by Crippen LogP contribution is 2.25. The largest absolute Gasteiger partial charge is 0.375 e. The average Bonchev–Trinajstić information content (AvgIpc) is 2.16. The Balaban J connectivity index is 2.52. The summed E-state index contributed by atoms with van der Waals surface area (Å²) in [7, 11) is 0. The second-order valence-electron chi connectivity index (χ2n) is 5.79. The summed E-state index contributed by atoms with van der Waals surface area (Å²) in [5, 5.41) is 3.06. The van der Waals surface area contributed by atoms with Gasteiger partial charge in [-0.1, -0.05) is 0 Å². The molecular weight excluding hydrogens is 226 g/mol. The lowest BCUT2D eigenvalue weighted by atomic mass is 9.91. The fraction of sp³-hybridized carbons (Fsp3) is 0.917. The van der Waals surface area contributed by atoms with Gasteiger partial charge in [-0.05, 0) is 40.5 Å². The molecule has 0 aromatic rings. The topological polar surface area (TPSA) is 38.3 Å². The minimum absolute atomic E-state index is 0.0326. The van der Waals surface area contributed by atoms with Gasteiger partial charge in [-0.25, -0.2) is 0 Å². The maximum Gasteiger partial charge on any atom is 0.227 e. The Morgan fingerprint density at radius 2 is 2.19 bits per heavy atom. The first kappa shape index (κ1) is 13.8. The molecule has 1 amide bonds. The first-order valence-electron chi connectivity index (χ1n) is 5.78. The SMILES string of the molecule is CC1(C)CC(NC(=O)C(C)(C)CCl)CCO1. The highest BCUT2D eigenvalue weighted by Gasteiger charge is 2.33. The number of alkyl halides is 1. The second kappa shape index (κ2) is 4.92. The lowest BCUT2D eigenvalue weighted by Crippen LogP contribution is -2.49. The summed E-state index contributed by atoms with van der Waals surface area (Å²) in [6.45, 7) is 8.54. The van der Waals surface area contributed by atoms with Crippen molar-refractivity contribution >= 4 is 17.5 Å². The van der Waals surface area contributed by atoms with Crippen LogP contribution in [0.15, 0.2) is 0 Å². The van der Waals surface area contributed by atoms with Crippen LogP contribution in [0.3, 0.4) is 0 Å². The van der Waals surface area contributed by atoms with E-state index in [-0.39, 0.29) is 17.6 Å². The monoisotopic (exact) mass is 247 g/mol. The highest BCUT2D eigenvalue weighted by molar-refractivity contribution is 6.19. The molecule has 4 heteroatoms. The van der Waals surface area contributed by atoms with E-state index in [1.165, 1.54) is 0 Å². The maximum atomic E-state index is 11.9. The third-order valence-electron chi connectivity index (χ3n) is 2.98.